The van der Waals surface area contributed by atoms with E-state index in [2.05, 4.69) is 9.80 Å². The van der Waals surface area contributed by atoms with Crippen LogP contribution in [-0.4, -0.2) is 42.8 Å². The molecule has 0 heterocycles. The fourth-order valence-corrected chi connectivity index (χ4v) is 4.41. The Bertz CT molecular complexity index is 1180. The molecule has 0 saturated carbocycles. The van der Waals surface area contributed by atoms with Gasteiger partial charge in [-0.15, -0.1) is 5.75 Å². The Morgan fingerprint density at radius 2 is 1.39 bits per heavy atom. The minimum absolute atomic E-state index is 0. The van der Waals surface area contributed by atoms with Crippen molar-refractivity contribution in [3.8, 4) is 5.75 Å². The van der Waals surface area contributed by atoms with Gasteiger partial charge < -0.3 is 24.8 Å². The summed E-state index contributed by atoms with van der Waals surface area (Å²) in [5.74, 6) is -1.54. The second kappa shape index (κ2) is 14.8. The van der Waals surface area contributed by atoms with Gasteiger partial charge in [-0.2, -0.15) is 0 Å². The molecule has 0 aromatic heterocycles. The van der Waals surface area contributed by atoms with Crippen LogP contribution in [0.2, 0.25) is 0 Å². The number of benzene rings is 2. The average Bonchev–Trinajstić information content (AvgIpc) is 2.83. The summed E-state index contributed by atoms with van der Waals surface area (Å²) in [6, 6.07) is 11.5. The molecule has 178 valence electrons. The number of likely N-dealkylation sites (N-methyl/N-ethyl adjacent to an activating group) is 1. The van der Waals surface area contributed by atoms with Gasteiger partial charge in [-0.05, 0) is 51.5 Å². The zero-order valence-electron chi connectivity index (χ0n) is 22.1. The van der Waals surface area contributed by atoms with E-state index in [4.69, 9.17) is 0 Å². The average molecular weight is 505 g/mol. The fourth-order valence-electron chi connectivity index (χ4n) is 4.41. The molecular weight excluding hydrogens is 474 g/mol. The third-order valence-corrected chi connectivity index (χ3v) is 6.10. The summed E-state index contributed by atoms with van der Waals surface area (Å²) < 4.78 is 0. The molecule has 3 rings (SSSR count). The van der Waals surface area contributed by atoms with E-state index in [1.54, 1.807) is 42.5 Å². The van der Waals surface area contributed by atoms with E-state index in [9.17, 15) is 19.8 Å². The number of hydrogen-bond donors (Lipinski definition) is 0. The number of rotatable bonds is 9. The summed E-state index contributed by atoms with van der Waals surface area (Å²) in [6.45, 7) is 10.7. The number of ketones is 1. The predicted molar refractivity (Wildman–Crippen MR) is 131 cm³/mol. The van der Waals surface area contributed by atoms with E-state index < -0.39 is 5.97 Å². The van der Waals surface area contributed by atoms with Gasteiger partial charge in [-0.3, -0.25) is 4.79 Å². The van der Waals surface area contributed by atoms with E-state index in [0.717, 1.165) is 22.5 Å². The van der Waals surface area contributed by atoms with Crippen molar-refractivity contribution in [3.05, 3.63) is 88.7 Å². The molecule has 0 aliphatic heterocycles. The number of nitrogens with zero attached hydrogens (tertiary/aromatic N) is 2. The number of carboxylic acid groups (broad SMARTS) is 1. The molecule has 1 aliphatic carbocycles. The molecule has 6 nitrogen and oxygen atoms in total. The SMILES string of the molecule is CCN(CC)C1=CC(=O)C=C/C1=C(/c1ccccc1C(=O)[O-])c1ccc([O-])cc1N(CC)CC.[Na+].[Na+]. The van der Waals surface area contributed by atoms with Crippen molar-refractivity contribution in [3.63, 3.8) is 0 Å². The van der Waals surface area contributed by atoms with Crippen LogP contribution in [0.4, 0.5) is 5.69 Å². The quantitative estimate of drug-likeness (QED) is 0.342. The molecule has 0 fully saturated rings. The van der Waals surface area contributed by atoms with Gasteiger partial charge in [0.15, 0.2) is 5.78 Å². The number of hydrogen-bond acceptors (Lipinski definition) is 6. The zero-order chi connectivity index (χ0) is 24.8. The van der Waals surface area contributed by atoms with Crippen molar-refractivity contribution in [2.24, 2.45) is 0 Å². The molecule has 1 aliphatic rings. The molecular formula is C28H30N2Na2O4. The summed E-state index contributed by atoms with van der Waals surface area (Å²) in [5, 5.41) is 24.5. The summed E-state index contributed by atoms with van der Waals surface area (Å²) in [5.41, 5.74) is 4.05. The molecule has 0 saturated heterocycles. The Kier molecular flexibility index (Phi) is 13.3. The third-order valence-electron chi connectivity index (χ3n) is 6.10. The topological polar surface area (TPSA) is 86.7 Å². The Labute approximate surface area is 258 Å². The van der Waals surface area contributed by atoms with Crippen LogP contribution < -0.4 is 74.2 Å². The number of carboxylic acids is 1. The molecule has 0 unspecified atom stereocenters. The van der Waals surface area contributed by atoms with Gasteiger partial charge in [0, 0.05) is 65.9 Å². The largest absolute Gasteiger partial charge is 1.00 e. The Morgan fingerprint density at radius 3 is 1.94 bits per heavy atom. The van der Waals surface area contributed by atoms with Crippen LogP contribution in [0.15, 0.2) is 72.0 Å². The van der Waals surface area contributed by atoms with E-state index in [0.29, 0.717) is 37.3 Å². The van der Waals surface area contributed by atoms with Crippen molar-refractivity contribution in [2.45, 2.75) is 27.7 Å². The summed E-state index contributed by atoms with van der Waals surface area (Å²) >= 11 is 0. The molecule has 8 heteroatoms. The normalized spacial score (nSPS) is 13.8. The first-order chi connectivity index (χ1) is 16.4. The number of carbonyl (C=O) groups is 2. The molecule has 0 spiro atoms. The van der Waals surface area contributed by atoms with Gasteiger partial charge in [-0.25, -0.2) is 0 Å². The van der Waals surface area contributed by atoms with E-state index in [1.807, 2.05) is 27.7 Å². The zero-order valence-corrected chi connectivity index (χ0v) is 26.1. The number of aromatic carboxylic acids is 1. The molecule has 36 heavy (non-hydrogen) atoms. The van der Waals surface area contributed by atoms with Crippen molar-refractivity contribution < 1.29 is 78.9 Å². The van der Waals surface area contributed by atoms with Crippen LogP contribution in [0, 0.1) is 0 Å². The van der Waals surface area contributed by atoms with Crippen LogP contribution in [-0.2, 0) is 4.79 Å². The number of allylic oxidation sites excluding steroid dienone is 3. The van der Waals surface area contributed by atoms with Gasteiger partial charge >= 0.3 is 59.1 Å². The van der Waals surface area contributed by atoms with Crippen LogP contribution in [0.5, 0.6) is 5.75 Å². The van der Waals surface area contributed by atoms with Gasteiger partial charge in [0.1, 0.15) is 0 Å². The molecule has 0 bridgehead atoms. The monoisotopic (exact) mass is 504 g/mol. The number of carbonyl (C=O) groups excluding carboxylic acids is 2. The van der Waals surface area contributed by atoms with Crippen LogP contribution in [0.25, 0.3) is 5.57 Å². The fraction of sp³-hybridized carbons (Fsp3) is 0.286. The van der Waals surface area contributed by atoms with Gasteiger partial charge in [0.2, 0.25) is 0 Å². The first kappa shape index (κ1) is 32.2. The second-order valence-corrected chi connectivity index (χ2v) is 7.91. The van der Waals surface area contributed by atoms with Crippen molar-refractivity contribution in [1.29, 1.82) is 0 Å². The van der Waals surface area contributed by atoms with Crippen LogP contribution >= 0.6 is 0 Å². The van der Waals surface area contributed by atoms with Gasteiger partial charge in [0.25, 0.3) is 0 Å². The first-order valence-electron chi connectivity index (χ1n) is 11.7. The van der Waals surface area contributed by atoms with Crippen molar-refractivity contribution in [1.82, 2.24) is 4.90 Å². The second-order valence-electron chi connectivity index (χ2n) is 7.91. The molecule has 0 amide bonds. The smallest absolute Gasteiger partial charge is 0.872 e. The maximum absolute atomic E-state index is 12.4. The molecule has 2 aromatic rings. The molecule has 0 N–H and O–H groups in total. The standard InChI is InChI=1S/C28H32N2O4.2Na/c1-5-29(6-2)25-17-19(31)13-15-23(25)27(21-11-9-10-12-22(21)28(33)34)24-16-14-20(32)18-26(24)30(7-3)8-4;;/h9-18,31H,5-8H2,1-4H3,(H,33,34);;/q;2*+1/p-2/b27-24+;;. The third kappa shape index (κ3) is 6.94. The minimum atomic E-state index is -1.29. The maximum Gasteiger partial charge on any atom is 1.00 e. The first-order valence-corrected chi connectivity index (χ1v) is 11.7. The van der Waals surface area contributed by atoms with Crippen molar-refractivity contribution in [2.75, 3.05) is 31.1 Å². The van der Waals surface area contributed by atoms with Crippen LogP contribution in [0.3, 0.4) is 0 Å². The Balaban J connectivity index is 0.00000324. The van der Waals surface area contributed by atoms with E-state index >= 15 is 0 Å². The Morgan fingerprint density at radius 1 is 0.806 bits per heavy atom. The molecule has 0 atom stereocenters. The minimum Gasteiger partial charge on any atom is -0.872 e. The molecule has 0 radical (unpaired) electrons. The van der Waals surface area contributed by atoms with E-state index in [1.165, 1.54) is 18.2 Å². The Hall–Kier alpha value is -1.80. The van der Waals surface area contributed by atoms with Gasteiger partial charge in [0.05, 0.1) is 5.97 Å². The number of anilines is 1. The van der Waals surface area contributed by atoms with Gasteiger partial charge in [-0.1, -0.05) is 36.4 Å². The van der Waals surface area contributed by atoms with Crippen molar-refractivity contribution >= 4 is 23.0 Å². The summed E-state index contributed by atoms with van der Waals surface area (Å²) in [7, 11) is 0. The summed E-state index contributed by atoms with van der Waals surface area (Å²) in [6.07, 6.45) is 4.82. The van der Waals surface area contributed by atoms with E-state index in [-0.39, 0.29) is 76.2 Å². The maximum atomic E-state index is 12.4. The summed E-state index contributed by atoms with van der Waals surface area (Å²) in [4.78, 5) is 28.6. The van der Waals surface area contributed by atoms with Crippen LogP contribution in [0.1, 0.15) is 49.2 Å². The molecule has 2 aromatic carbocycles. The predicted octanol–water partition coefficient (Wildman–Crippen LogP) is -2.86.